The SMILES string of the molecule is CN(C)C(=O)CNc1ccc(OCC(F)(F)F)c(C#N)c1. The van der Waals surface area contributed by atoms with Crippen molar-refractivity contribution in [3.8, 4) is 11.8 Å². The first kappa shape index (κ1) is 16.6. The van der Waals surface area contributed by atoms with Crippen molar-refractivity contribution in [1.29, 1.82) is 5.26 Å². The lowest BCUT2D eigenvalue weighted by Crippen LogP contribution is -2.28. The highest BCUT2D eigenvalue weighted by Crippen LogP contribution is 2.24. The molecule has 0 heterocycles. The van der Waals surface area contributed by atoms with E-state index in [1.165, 1.54) is 23.1 Å². The maximum absolute atomic E-state index is 12.1. The quantitative estimate of drug-likeness (QED) is 0.903. The third-order valence-electron chi connectivity index (χ3n) is 2.43. The van der Waals surface area contributed by atoms with Gasteiger partial charge in [0.2, 0.25) is 5.91 Å². The number of anilines is 1. The molecule has 0 atom stereocenters. The summed E-state index contributed by atoms with van der Waals surface area (Å²) < 4.78 is 40.8. The average molecular weight is 301 g/mol. The zero-order chi connectivity index (χ0) is 16.0. The number of rotatable bonds is 5. The molecule has 0 saturated heterocycles. The van der Waals surface area contributed by atoms with Gasteiger partial charge in [-0.25, -0.2) is 0 Å². The normalized spacial score (nSPS) is 10.7. The molecular formula is C13H14F3N3O2. The van der Waals surface area contributed by atoms with Crippen molar-refractivity contribution in [2.24, 2.45) is 0 Å². The molecule has 0 saturated carbocycles. The van der Waals surface area contributed by atoms with Gasteiger partial charge in [-0.2, -0.15) is 18.4 Å². The highest BCUT2D eigenvalue weighted by Gasteiger charge is 2.28. The van der Waals surface area contributed by atoms with E-state index in [-0.39, 0.29) is 23.8 Å². The van der Waals surface area contributed by atoms with E-state index in [1.54, 1.807) is 20.2 Å². The molecule has 1 aromatic rings. The Morgan fingerprint density at radius 3 is 2.62 bits per heavy atom. The summed E-state index contributed by atoms with van der Waals surface area (Å²) in [4.78, 5) is 12.8. The molecular weight excluding hydrogens is 287 g/mol. The summed E-state index contributed by atoms with van der Waals surface area (Å²) in [6.07, 6.45) is -4.47. The van der Waals surface area contributed by atoms with Crippen LogP contribution in [0.15, 0.2) is 18.2 Å². The molecule has 0 aromatic heterocycles. The average Bonchev–Trinajstić information content (AvgIpc) is 2.41. The van der Waals surface area contributed by atoms with Crippen LogP contribution >= 0.6 is 0 Å². The summed E-state index contributed by atoms with van der Waals surface area (Å²) in [6, 6.07) is 5.78. The molecule has 1 rings (SSSR count). The van der Waals surface area contributed by atoms with E-state index in [9.17, 15) is 18.0 Å². The lowest BCUT2D eigenvalue weighted by molar-refractivity contribution is -0.153. The number of carbonyl (C=O) groups is 1. The molecule has 0 fully saturated rings. The molecule has 21 heavy (non-hydrogen) atoms. The zero-order valence-electron chi connectivity index (χ0n) is 11.5. The van der Waals surface area contributed by atoms with Gasteiger partial charge in [-0.3, -0.25) is 4.79 Å². The Kier molecular flexibility index (Phi) is 5.41. The second-order valence-electron chi connectivity index (χ2n) is 4.37. The predicted molar refractivity (Wildman–Crippen MR) is 69.9 cm³/mol. The molecule has 0 aliphatic carbocycles. The van der Waals surface area contributed by atoms with Gasteiger partial charge in [0.1, 0.15) is 11.8 Å². The lowest BCUT2D eigenvalue weighted by atomic mass is 10.2. The largest absolute Gasteiger partial charge is 0.483 e. The summed E-state index contributed by atoms with van der Waals surface area (Å²) in [5.41, 5.74) is 0.405. The number of nitrogens with zero attached hydrogens (tertiary/aromatic N) is 2. The first-order chi connectivity index (χ1) is 9.73. The Bertz CT molecular complexity index is 551. The third kappa shape index (κ3) is 5.60. The van der Waals surface area contributed by atoms with E-state index < -0.39 is 12.8 Å². The van der Waals surface area contributed by atoms with E-state index in [1.807, 2.05) is 0 Å². The maximum atomic E-state index is 12.1. The van der Waals surface area contributed by atoms with Crippen molar-refractivity contribution in [2.45, 2.75) is 6.18 Å². The number of ether oxygens (including phenoxy) is 1. The van der Waals surface area contributed by atoms with Crippen molar-refractivity contribution in [3.05, 3.63) is 23.8 Å². The van der Waals surface area contributed by atoms with Crippen molar-refractivity contribution >= 4 is 11.6 Å². The minimum atomic E-state index is -4.47. The molecule has 1 N–H and O–H groups in total. The topological polar surface area (TPSA) is 65.4 Å². The van der Waals surface area contributed by atoms with Gasteiger partial charge in [0.25, 0.3) is 0 Å². The van der Waals surface area contributed by atoms with Gasteiger partial charge in [0, 0.05) is 19.8 Å². The van der Waals surface area contributed by atoms with Gasteiger partial charge in [-0.15, -0.1) is 0 Å². The fourth-order valence-corrected chi connectivity index (χ4v) is 1.35. The molecule has 0 unspecified atom stereocenters. The van der Waals surface area contributed by atoms with Gasteiger partial charge in [-0.05, 0) is 18.2 Å². The van der Waals surface area contributed by atoms with Crippen LogP contribution in [0.5, 0.6) is 5.75 Å². The Labute approximate surface area is 119 Å². The van der Waals surface area contributed by atoms with E-state index >= 15 is 0 Å². The number of amides is 1. The van der Waals surface area contributed by atoms with Crippen LogP contribution in [-0.2, 0) is 4.79 Å². The van der Waals surface area contributed by atoms with E-state index in [4.69, 9.17) is 5.26 Å². The van der Waals surface area contributed by atoms with Crippen LogP contribution < -0.4 is 10.1 Å². The van der Waals surface area contributed by atoms with Gasteiger partial charge in [0.05, 0.1) is 12.1 Å². The van der Waals surface area contributed by atoms with Crippen LogP contribution in [0.1, 0.15) is 5.56 Å². The monoisotopic (exact) mass is 301 g/mol. The van der Waals surface area contributed by atoms with Crippen LogP contribution in [-0.4, -0.2) is 44.2 Å². The molecule has 1 aromatic carbocycles. The summed E-state index contributed by atoms with van der Waals surface area (Å²) >= 11 is 0. The van der Waals surface area contributed by atoms with Gasteiger partial charge >= 0.3 is 6.18 Å². The highest BCUT2D eigenvalue weighted by atomic mass is 19.4. The molecule has 5 nitrogen and oxygen atoms in total. The minimum Gasteiger partial charge on any atom is -0.483 e. The summed E-state index contributed by atoms with van der Waals surface area (Å²) in [7, 11) is 3.19. The van der Waals surface area contributed by atoms with Crippen molar-refractivity contribution in [2.75, 3.05) is 32.6 Å². The number of nitrogens with one attached hydrogen (secondary N) is 1. The predicted octanol–water partition coefficient (Wildman–Crippen LogP) is 2.00. The molecule has 0 spiro atoms. The van der Waals surface area contributed by atoms with E-state index in [0.29, 0.717) is 5.69 Å². The smallest absolute Gasteiger partial charge is 0.422 e. The number of benzene rings is 1. The standard InChI is InChI=1S/C13H14F3N3O2/c1-19(2)12(20)7-18-10-3-4-11(9(5-10)6-17)21-8-13(14,15)16/h3-5,18H,7-8H2,1-2H3. The first-order valence-electron chi connectivity index (χ1n) is 5.90. The van der Waals surface area contributed by atoms with Crippen LogP contribution in [0, 0.1) is 11.3 Å². The Hall–Kier alpha value is -2.43. The Balaban J connectivity index is 2.75. The number of halogens is 3. The van der Waals surface area contributed by atoms with E-state index in [0.717, 1.165) is 0 Å². The molecule has 114 valence electrons. The molecule has 0 bridgehead atoms. The molecule has 1 amide bonds. The summed E-state index contributed by atoms with van der Waals surface area (Å²) in [6.45, 7) is -1.45. The van der Waals surface area contributed by atoms with Gasteiger partial charge in [0.15, 0.2) is 6.61 Å². The zero-order valence-corrected chi connectivity index (χ0v) is 11.5. The highest BCUT2D eigenvalue weighted by molar-refractivity contribution is 5.80. The second kappa shape index (κ2) is 6.83. The van der Waals surface area contributed by atoms with Gasteiger partial charge in [-0.1, -0.05) is 0 Å². The number of alkyl halides is 3. The van der Waals surface area contributed by atoms with Gasteiger partial charge < -0.3 is 15.0 Å². The fraction of sp³-hybridized carbons (Fsp3) is 0.385. The number of hydrogen-bond donors (Lipinski definition) is 1. The molecule has 8 heteroatoms. The van der Waals surface area contributed by atoms with Crippen LogP contribution in [0.4, 0.5) is 18.9 Å². The van der Waals surface area contributed by atoms with E-state index in [2.05, 4.69) is 10.1 Å². The molecule has 0 aliphatic heterocycles. The summed E-state index contributed by atoms with van der Waals surface area (Å²) in [5.74, 6) is -0.329. The second-order valence-corrected chi connectivity index (χ2v) is 4.37. The maximum Gasteiger partial charge on any atom is 0.422 e. The number of likely N-dealkylation sites (N-methyl/N-ethyl adjacent to an activating group) is 1. The Morgan fingerprint density at radius 2 is 2.10 bits per heavy atom. The number of hydrogen-bond acceptors (Lipinski definition) is 4. The van der Waals surface area contributed by atoms with Crippen molar-refractivity contribution < 1.29 is 22.7 Å². The number of nitriles is 1. The van der Waals surface area contributed by atoms with Crippen LogP contribution in [0.2, 0.25) is 0 Å². The number of carbonyl (C=O) groups excluding carboxylic acids is 1. The van der Waals surface area contributed by atoms with Crippen molar-refractivity contribution in [3.63, 3.8) is 0 Å². The lowest BCUT2D eigenvalue weighted by Gasteiger charge is -2.13. The minimum absolute atomic E-state index is 0.0145. The van der Waals surface area contributed by atoms with Crippen LogP contribution in [0.25, 0.3) is 0 Å². The molecule has 0 radical (unpaired) electrons. The summed E-state index contributed by atoms with van der Waals surface area (Å²) in [5, 5.41) is 11.7. The Morgan fingerprint density at radius 1 is 1.43 bits per heavy atom. The third-order valence-corrected chi connectivity index (χ3v) is 2.43. The van der Waals surface area contributed by atoms with Crippen molar-refractivity contribution in [1.82, 2.24) is 4.90 Å². The first-order valence-corrected chi connectivity index (χ1v) is 5.90. The van der Waals surface area contributed by atoms with Crippen LogP contribution in [0.3, 0.4) is 0 Å². The molecule has 0 aliphatic rings. The fourth-order valence-electron chi connectivity index (χ4n) is 1.35.